The Morgan fingerprint density at radius 1 is 1.04 bits per heavy atom. The molecule has 3 aromatic rings. The van der Waals surface area contributed by atoms with Crippen molar-refractivity contribution < 1.29 is 0 Å². The van der Waals surface area contributed by atoms with Crippen molar-refractivity contribution in [1.82, 2.24) is 20.3 Å². The zero-order valence-corrected chi connectivity index (χ0v) is 14.4. The van der Waals surface area contributed by atoms with Crippen LogP contribution in [0.2, 0.25) is 0 Å². The van der Waals surface area contributed by atoms with Gasteiger partial charge in [0.2, 0.25) is 0 Å². The Kier molecular flexibility index (Phi) is 4.67. The molecule has 5 nitrogen and oxygen atoms in total. The van der Waals surface area contributed by atoms with Crippen LogP contribution in [0.15, 0.2) is 55.0 Å². The van der Waals surface area contributed by atoms with E-state index in [2.05, 4.69) is 21.4 Å². The molecule has 2 aromatic heterocycles. The lowest BCUT2D eigenvalue weighted by Crippen LogP contribution is -2.27. The van der Waals surface area contributed by atoms with Gasteiger partial charge in [-0.15, -0.1) is 0 Å². The zero-order chi connectivity index (χ0) is 17.8. The number of nitriles is 1. The van der Waals surface area contributed by atoms with E-state index in [9.17, 15) is 5.26 Å². The van der Waals surface area contributed by atoms with Crippen molar-refractivity contribution in [2.45, 2.75) is 18.8 Å². The fraction of sp³-hybridized carbons (Fsp3) is 0.238. The van der Waals surface area contributed by atoms with Crippen LogP contribution in [-0.4, -0.2) is 28.0 Å². The Bertz CT molecular complexity index is 940. The molecule has 5 heteroatoms. The van der Waals surface area contributed by atoms with Gasteiger partial charge in [-0.1, -0.05) is 12.1 Å². The van der Waals surface area contributed by atoms with Gasteiger partial charge in [-0.25, -0.2) is 9.97 Å². The maximum atomic E-state index is 9.22. The number of benzene rings is 1. The molecule has 26 heavy (non-hydrogen) atoms. The molecule has 1 aliphatic heterocycles. The summed E-state index contributed by atoms with van der Waals surface area (Å²) in [5.41, 5.74) is 4.71. The van der Waals surface area contributed by atoms with Gasteiger partial charge in [-0.3, -0.25) is 4.98 Å². The monoisotopic (exact) mass is 341 g/mol. The summed E-state index contributed by atoms with van der Waals surface area (Å²) in [5, 5.41) is 12.6. The van der Waals surface area contributed by atoms with Gasteiger partial charge in [0.1, 0.15) is 0 Å². The smallest absolute Gasteiger partial charge is 0.159 e. The van der Waals surface area contributed by atoms with Gasteiger partial charge in [-0.05, 0) is 55.8 Å². The van der Waals surface area contributed by atoms with Crippen LogP contribution in [0.1, 0.15) is 30.0 Å². The van der Waals surface area contributed by atoms with Crippen molar-refractivity contribution >= 4 is 0 Å². The van der Waals surface area contributed by atoms with Crippen LogP contribution in [0.4, 0.5) is 0 Å². The van der Waals surface area contributed by atoms with Crippen molar-refractivity contribution in [3.8, 4) is 28.6 Å². The van der Waals surface area contributed by atoms with Crippen LogP contribution in [0.3, 0.4) is 0 Å². The average Bonchev–Trinajstić information content (AvgIpc) is 2.74. The molecule has 128 valence electrons. The Morgan fingerprint density at radius 3 is 2.62 bits per heavy atom. The second-order valence-electron chi connectivity index (χ2n) is 6.45. The maximum Gasteiger partial charge on any atom is 0.159 e. The average molecular weight is 341 g/mol. The van der Waals surface area contributed by atoms with Crippen molar-refractivity contribution in [1.29, 1.82) is 5.26 Å². The first-order valence-corrected chi connectivity index (χ1v) is 8.84. The quantitative estimate of drug-likeness (QED) is 0.788. The molecule has 4 rings (SSSR count). The molecule has 1 N–H and O–H groups in total. The van der Waals surface area contributed by atoms with E-state index in [1.54, 1.807) is 12.4 Å². The molecule has 0 aliphatic carbocycles. The summed E-state index contributed by atoms with van der Waals surface area (Å²) in [7, 11) is 0. The van der Waals surface area contributed by atoms with Crippen LogP contribution in [0.5, 0.6) is 0 Å². The third kappa shape index (κ3) is 3.32. The zero-order valence-electron chi connectivity index (χ0n) is 14.4. The lowest BCUT2D eigenvalue weighted by atomic mass is 9.89. The minimum Gasteiger partial charge on any atom is -0.317 e. The Hall–Kier alpha value is -3.10. The number of nitrogens with one attached hydrogen (secondary N) is 1. The van der Waals surface area contributed by atoms with E-state index >= 15 is 0 Å². The van der Waals surface area contributed by atoms with E-state index in [4.69, 9.17) is 4.98 Å². The summed E-state index contributed by atoms with van der Waals surface area (Å²) in [6.07, 6.45) is 7.52. The largest absolute Gasteiger partial charge is 0.317 e. The number of hydrogen-bond donors (Lipinski definition) is 1. The Balaban J connectivity index is 1.83. The van der Waals surface area contributed by atoms with Crippen LogP contribution in [0, 0.1) is 11.3 Å². The summed E-state index contributed by atoms with van der Waals surface area (Å²) in [6.45, 7) is 1.99. The molecule has 0 unspecified atom stereocenters. The van der Waals surface area contributed by atoms with Crippen LogP contribution >= 0.6 is 0 Å². The molecule has 1 fully saturated rings. The minimum atomic E-state index is 0.389. The molecule has 0 bridgehead atoms. The van der Waals surface area contributed by atoms with Gasteiger partial charge in [0.15, 0.2) is 5.82 Å². The van der Waals surface area contributed by atoms with Gasteiger partial charge in [0, 0.05) is 35.6 Å². The highest BCUT2D eigenvalue weighted by atomic mass is 14.9. The molecule has 0 saturated carbocycles. The number of rotatable bonds is 3. The van der Waals surface area contributed by atoms with Gasteiger partial charge in [0.25, 0.3) is 0 Å². The number of aromatic nitrogens is 3. The SMILES string of the molecule is N#Cc1cccc(-c2cnc(-c3ccncc3)nc2C2CCNCC2)c1. The molecule has 0 amide bonds. The summed E-state index contributed by atoms with van der Waals surface area (Å²) in [4.78, 5) is 13.6. The van der Waals surface area contributed by atoms with Crippen molar-refractivity contribution in [2.24, 2.45) is 0 Å². The Labute approximate surface area is 152 Å². The molecular formula is C21H19N5. The first-order valence-electron chi connectivity index (χ1n) is 8.84. The molecular weight excluding hydrogens is 322 g/mol. The number of nitrogens with zero attached hydrogens (tertiary/aromatic N) is 4. The van der Waals surface area contributed by atoms with E-state index in [0.717, 1.165) is 54.1 Å². The topological polar surface area (TPSA) is 74.5 Å². The molecule has 0 spiro atoms. The molecule has 1 aromatic carbocycles. The molecule has 1 saturated heterocycles. The summed E-state index contributed by atoms with van der Waals surface area (Å²) >= 11 is 0. The predicted molar refractivity (Wildman–Crippen MR) is 100 cm³/mol. The van der Waals surface area contributed by atoms with Crippen LogP contribution in [-0.2, 0) is 0 Å². The summed E-state index contributed by atoms with van der Waals surface area (Å²) < 4.78 is 0. The standard InChI is InChI=1S/C21H19N5/c22-13-15-2-1-3-18(12-15)19-14-25-21(17-6-10-24-11-7-17)26-20(19)16-4-8-23-9-5-16/h1-3,6-7,10-12,14,16,23H,4-5,8-9H2. The highest BCUT2D eigenvalue weighted by Crippen LogP contribution is 2.33. The van der Waals surface area contributed by atoms with E-state index in [-0.39, 0.29) is 0 Å². The molecule has 0 radical (unpaired) electrons. The van der Waals surface area contributed by atoms with Crippen molar-refractivity contribution in [2.75, 3.05) is 13.1 Å². The normalized spacial score (nSPS) is 14.7. The first-order chi connectivity index (χ1) is 12.8. The second kappa shape index (κ2) is 7.42. The highest BCUT2D eigenvalue weighted by Gasteiger charge is 2.22. The lowest BCUT2D eigenvalue weighted by Gasteiger charge is -2.24. The first kappa shape index (κ1) is 16.4. The highest BCUT2D eigenvalue weighted by molar-refractivity contribution is 5.69. The van der Waals surface area contributed by atoms with Crippen molar-refractivity contribution in [3.63, 3.8) is 0 Å². The number of pyridine rings is 1. The fourth-order valence-corrected chi connectivity index (χ4v) is 3.42. The fourth-order valence-electron chi connectivity index (χ4n) is 3.42. The second-order valence-corrected chi connectivity index (χ2v) is 6.45. The molecule has 3 heterocycles. The van der Waals surface area contributed by atoms with Gasteiger partial charge < -0.3 is 5.32 Å². The van der Waals surface area contributed by atoms with Gasteiger partial charge >= 0.3 is 0 Å². The predicted octanol–water partition coefficient (Wildman–Crippen LogP) is 3.54. The number of piperidine rings is 1. The van der Waals surface area contributed by atoms with E-state index in [1.165, 1.54) is 0 Å². The van der Waals surface area contributed by atoms with Crippen LogP contribution < -0.4 is 5.32 Å². The van der Waals surface area contributed by atoms with Crippen LogP contribution in [0.25, 0.3) is 22.5 Å². The van der Waals surface area contributed by atoms with Gasteiger partial charge in [0.05, 0.1) is 17.3 Å². The molecule has 1 aliphatic rings. The number of hydrogen-bond acceptors (Lipinski definition) is 5. The Morgan fingerprint density at radius 2 is 1.85 bits per heavy atom. The summed E-state index contributed by atoms with van der Waals surface area (Å²) in [6, 6.07) is 13.7. The van der Waals surface area contributed by atoms with E-state index < -0.39 is 0 Å². The van der Waals surface area contributed by atoms with E-state index in [1.807, 2.05) is 42.6 Å². The molecule has 0 atom stereocenters. The third-order valence-electron chi connectivity index (χ3n) is 4.79. The lowest BCUT2D eigenvalue weighted by molar-refractivity contribution is 0.454. The van der Waals surface area contributed by atoms with E-state index in [0.29, 0.717) is 11.5 Å². The summed E-state index contributed by atoms with van der Waals surface area (Å²) in [5.74, 6) is 1.11. The minimum absolute atomic E-state index is 0.389. The maximum absolute atomic E-state index is 9.22. The van der Waals surface area contributed by atoms with Gasteiger partial charge in [-0.2, -0.15) is 5.26 Å². The van der Waals surface area contributed by atoms with Crippen molar-refractivity contribution in [3.05, 3.63) is 66.2 Å². The third-order valence-corrected chi connectivity index (χ3v) is 4.79.